The predicted molar refractivity (Wildman–Crippen MR) is 125 cm³/mol. The Morgan fingerprint density at radius 1 is 1.19 bits per heavy atom. The summed E-state index contributed by atoms with van der Waals surface area (Å²) >= 11 is 0. The zero-order valence-corrected chi connectivity index (χ0v) is 18.5. The Balaban J connectivity index is 1.71. The highest BCUT2D eigenvalue weighted by atomic mass is 16.5. The van der Waals surface area contributed by atoms with Gasteiger partial charge in [0.1, 0.15) is 5.75 Å². The molecule has 0 saturated carbocycles. The summed E-state index contributed by atoms with van der Waals surface area (Å²) in [7, 11) is 5.86. The molecule has 0 saturated heterocycles. The van der Waals surface area contributed by atoms with Crippen molar-refractivity contribution in [1.82, 2.24) is 24.8 Å². The summed E-state index contributed by atoms with van der Waals surface area (Å²) in [6.45, 7) is 4.87. The van der Waals surface area contributed by atoms with Crippen molar-refractivity contribution in [2.45, 2.75) is 19.9 Å². The number of pyridine rings is 1. The van der Waals surface area contributed by atoms with Gasteiger partial charge >= 0.3 is 5.69 Å². The molecule has 0 bridgehead atoms. The number of ether oxygens (including phenoxy) is 1. The van der Waals surface area contributed by atoms with Gasteiger partial charge in [0.25, 0.3) is 0 Å². The van der Waals surface area contributed by atoms with Gasteiger partial charge in [-0.05, 0) is 81.5 Å². The van der Waals surface area contributed by atoms with Crippen LogP contribution in [0.1, 0.15) is 17.5 Å². The fourth-order valence-electron chi connectivity index (χ4n) is 3.98. The lowest BCUT2D eigenvalue weighted by atomic mass is 9.99. The average Bonchev–Trinajstić information content (AvgIpc) is 3.13. The Labute approximate surface area is 181 Å². The van der Waals surface area contributed by atoms with E-state index >= 15 is 0 Å². The molecule has 0 aliphatic heterocycles. The SMILES string of the molecule is COc1cc2c(C)cc3n[nH]c(=O)n3c2cc1-c1cccc(CNCCCN(C)C)c1. The quantitative estimate of drug-likeness (QED) is 0.429. The first-order valence-electron chi connectivity index (χ1n) is 10.5. The van der Waals surface area contributed by atoms with Crippen LogP contribution in [0, 0.1) is 6.92 Å². The number of fused-ring (bicyclic) bond motifs is 3. The fraction of sp³-hybridized carbons (Fsp3) is 0.333. The summed E-state index contributed by atoms with van der Waals surface area (Å²) in [4.78, 5) is 14.6. The van der Waals surface area contributed by atoms with E-state index in [0.29, 0.717) is 5.65 Å². The molecule has 7 nitrogen and oxygen atoms in total. The smallest absolute Gasteiger partial charge is 0.348 e. The molecule has 0 amide bonds. The lowest BCUT2D eigenvalue weighted by Crippen LogP contribution is -2.20. The van der Waals surface area contributed by atoms with Crippen LogP contribution in [0.25, 0.3) is 27.7 Å². The van der Waals surface area contributed by atoms with E-state index in [0.717, 1.165) is 59.4 Å². The van der Waals surface area contributed by atoms with Crippen LogP contribution in [0.15, 0.2) is 47.3 Å². The van der Waals surface area contributed by atoms with Gasteiger partial charge in [-0.1, -0.05) is 18.2 Å². The van der Waals surface area contributed by atoms with Gasteiger partial charge in [-0.2, -0.15) is 5.10 Å². The number of aromatic amines is 1. The highest BCUT2D eigenvalue weighted by molar-refractivity contribution is 5.92. The normalized spacial score (nSPS) is 11.6. The van der Waals surface area contributed by atoms with Crippen molar-refractivity contribution < 1.29 is 4.74 Å². The van der Waals surface area contributed by atoms with Crippen LogP contribution in [0.4, 0.5) is 0 Å². The molecule has 2 N–H and O–H groups in total. The predicted octanol–water partition coefficient (Wildman–Crippen LogP) is 3.20. The number of methoxy groups -OCH3 is 1. The molecule has 0 aliphatic rings. The molecule has 162 valence electrons. The van der Waals surface area contributed by atoms with E-state index < -0.39 is 0 Å². The van der Waals surface area contributed by atoms with Crippen molar-refractivity contribution in [1.29, 1.82) is 0 Å². The van der Waals surface area contributed by atoms with E-state index in [4.69, 9.17) is 4.74 Å². The van der Waals surface area contributed by atoms with Crippen LogP contribution in [0.5, 0.6) is 5.75 Å². The summed E-state index contributed by atoms with van der Waals surface area (Å²) in [6.07, 6.45) is 1.11. The number of H-pyrrole nitrogens is 1. The Bertz CT molecular complexity index is 1270. The van der Waals surface area contributed by atoms with Crippen molar-refractivity contribution >= 4 is 16.6 Å². The van der Waals surface area contributed by atoms with Crippen LogP contribution in [-0.2, 0) is 6.54 Å². The average molecular weight is 420 g/mol. The Kier molecular flexibility index (Phi) is 6.06. The summed E-state index contributed by atoms with van der Waals surface area (Å²) in [6, 6.07) is 14.4. The number of aryl methyl sites for hydroxylation is 1. The minimum Gasteiger partial charge on any atom is -0.496 e. The van der Waals surface area contributed by atoms with Gasteiger partial charge in [0.2, 0.25) is 0 Å². The van der Waals surface area contributed by atoms with Crippen LogP contribution >= 0.6 is 0 Å². The molecular weight excluding hydrogens is 390 g/mol. The van der Waals surface area contributed by atoms with Gasteiger partial charge in [0.05, 0.1) is 12.6 Å². The van der Waals surface area contributed by atoms with Gasteiger partial charge in [-0.15, -0.1) is 0 Å². The highest BCUT2D eigenvalue weighted by Crippen LogP contribution is 2.35. The summed E-state index contributed by atoms with van der Waals surface area (Å²) in [5.41, 5.74) is 5.44. The minimum absolute atomic E-state index is 0.244. The molecule has 4 rings (SSSR count). The molecule has 0 fully saturated rings. The molecule has 0 unspecified atom stereocenters. The van der Waals surface area contributed by atoms with Crippen LogP contribution in [0.2, 0.25) is 0 Å². The van der Waals surface area contributed by atoms with Crippen LogP contribution < -0.4 is 15.7 Å². The second-order valence-electron chi connectivity index (χ2n) is 8.15. The van der Waals surface area contributed by atoms with Crippen molar-refractivity contribution in [2.75, 3.05) is 34.3 Å². The third kappa shape index (κ3) is 4.33. The van der Waals surface area contributed by atoms with Gasteiger partial charge < -0.3 is 15.0 Å². The number of nitrogens with one attached hydrogen (secondary N) is 2. The topological polar surface area (TPSA) is 74.7 Å². The third-order valence-corrected chi connectivity index (χ3v) is 5.55. The first-order valence-corrected chi connectivity index (χ1v) is 10.5. The maximum Gasteiger partial charge on any atom is 0.348 e. The van der Waals surface area contributed by atoms with E-state index in [1.807, 2.05) is 25.1 Å². The maximum absolute atomic E-state index is 12.4. The minimum atomic E-state index is -0.244. The van der Waals surface area contributed by atoms with E-state index in [2.05, 4.69) is 58.8 Å². The maximum atomic E-state index is 12.4. The van der Waals surface area contributed by atoms with Crippen molar-refractivity contribution in [3.63, 3.8) is 0 Å². The first-order chi connectivity index (χ1) is 15.0. The standard InChI is InChI=1S/C24H29N5O2/c1-16-11-23-26-27-24(30)29(23)21-13-20(22(31-4)14-19(16)21)18-8-5-7-17(12-18)15-25-9-6-10-28(2)3/h5,7-8,11-14,25H,6,9-10,15H2,1-4H3,(H,27,30). The molecule has 2 aromatic carbocycles. The van der Waals surface area contributed by atoms with E-state index in [1.165, 1.54) is 5.56 Å². The molecule has 0 aliphatic carbocycles. The third-order valence-electron chi connectivity index (χ3n) is 5.55. The molecule has 4 aromatic rings. The molecular formula is C24H29N5O2. The van der Waals surface area contributed by atoms with Crippen molar-refractivity contribution in [3.8, 4) is 16.9 Å². The Morgan fingerprint density at radius 2 is 2.03 bits per heavy atom. The summed E-state index contributed by atoms with van der Waals surface area (Å²) < 4.78 is 7.34. The molecule has 0 spiro atoms. The zero-order chi connectivity index (χ0) is 22.0. The Morgan fingerprint density at radius 3 is 2.81 bits per heavy atom. The Hall–Kier alpha value is -3.16. The van der Waals surface area contributed by atoms with E-state index in [1.54, 1.807) is 11.5 Å². The van der Waals surface area contributed by atoms with Gasteiger partial charge in [-0.3, -0.25) is 0 Å². The summed E-state index contributed by atoms with van der Waals surface area (Å²) in [5.74, 6) is 0.780. The molecule has 0 atom stereocenters. The molecule has 0 radical (unpaired) electrons. The highest BCUT2D eigenvalue weighted by Gasteiger charge is 2.14. The van der Waals surface area contributed by atoms with Gasteiger partial charge in [-0.25, -0.2) is 14.3 Å². The number of aromatic nitrogens is 3. The molecule has 7 heteroatoms. The number of hydrogen-bond donors (Lipinski definition) is 2. The van der Waals surface area contributed by atoms with Crippen molar-refractivity contribution in [3.05, 3.63) is 64.1 Å². The van der Waals surface area contributed by atoms with Crippen molar-refractivity contribution in [2.24, 2.45) is 0 Å². The molecule has 2 aromatic heterocycles. The lowest BCUT2D eigenvalue weighted by molar-refractivity contribution is 0.394. The van der Waals surface area contributed by atoms with E-state index in [9.17, 15) is 4.79 Å². The number of nitrogens with zero attached hydrogens (tertiary/aromatic N) is 3. The second kappa shape index (κ2) is 8.91. The number of rotatable bonds is 8. The fourth-order valence-corrected chi connectivity index (χ4v) is 3.98. The first kappa shape index (κ1) is 21.1. The van der Waals surface area contributed by atoms with Crippen LogP contribution in [0.3, 0.4) is 0 Å². The van der Waals surface area contributed by atoms with E-state index in [-0.39, 0.29) is 5.69 Å². The summed E-state index contributed by atoms with van der Waals surface area (Å²) in [5, 5.41) is 11.2. The zero-order valence-electron chi connectivity index (χ0n) is 18.5. The largest absolute Gasteiger partial charge is 0.496 e. The second-order valence-corrected chi connectivity index (χ2v) is 8.15. The van der Waals surface area contributed by atoms with Gasteiger partial charge in [0, 0.05) is 17.5 Å². The lowest BCUT2D eigenvalue weighted by Gasteiger charge is -2.14. The number of benzene rings is 2. The molecule has 2 heterocycles. The monoisotopic (exact) mass is 419 g/mol. The van der Waals surface area contributed by atoms with Crippen LogP contribution in [-0.4, -0.2) is 53.8 Å². The molecule has 31 heavy (non-hydrogen) atoms. The van der Waals surface area contributed by atoms with Gasteiger partial charge in [0.15, 0.2) is 5.65 Å². The number of hydrogen-bond acceptors (Lipinski definition) is 5.